The number of hydrogen-bond acceptors (Lipinski definition) is 4. The van der Waals surface area contributed by atoms with Crippen LogP contribution in [0.3, 0.4) is 0 Å². The smallest absolute Gasteiger partial charge is 0.227 e. The summed E-state index contributed by atoms with van der Waals surface area (Å²) in [6.07, 6.45) is 7.21. The fourth-order valence-corrected chi connectivity index (χ4v) is 4.45. The molecule has 4 N–H and O–H groups in total. The van der Waals surface area contributed by atoms with Crippen molar-refractivity contribution in [3.8, 4) is 0 Å². The van der Waals surface area contributed by atoms with Gasteiger partial charge in [0.2, 0.25) is 5.91 Å². The maximum absolute atomic E-state index is 12.5. The van der Waals surface area contributed by atoms with Crippen LogP contribution < -0.4 is 16.0 Å². The number of hydrogen-bond donors (Lipinski definition) is 4. The van der Waals surface area contributed by atoms with Gasteiger partial charge in [-0.25, -0.2) is 4.99 Å². The Morgan fingerprint density at radius 2 is 2.10 bits per heavy atom. The quantitative estimate of drug-likeness (QED) is 0.357. The Balaban J connectivity index is 1.57. The van der Waals surface area contributed by atoms with Crippen LogP contribution in [0.25, 0.3) is 0 Å². The molecule has 1 unspecified atom stereocenters. The Bertz CT molecular complexity index is 725. The summed E-state index contributed by atoms with van der Waals surface area (Å²) in [6.45, 7) is 5.63. The number of guanidine groups is 1. The highest BCUT2D eigenvalue weighted by molar-refractivity contribution is 5.92. The first kappa shape index (κ1) is 23.5. The largest absolute Gasteiger partial charge is 0.396 e. The third-order valence-electron chi connectivity index (χ3n) is 6.39. The van der Waals surface area contributed by atoms with Crippen molar-refractivity contribution < 1.29 is 14.6 Å². The molecule has 1 aromatic carbocycles. The second kappa shape index (κ2) is 12.1. The summed E-state index contributed by atoms with van der Waals surface area (Å²) < 4.78 is 5.58. The number of benzene rings is 1. The Morgan fingerprint density at radius 3 is 2.81 bits per heavy atom. The lowest BCUT2D eigenvalue weighted by molar-refractivity contribution is -0.120. The molecule has 1 aliphatic carbocycles. The van der Waals surface area contributed by atoms with E-state index in [2.05, 4.69) is 16.0 Å². The molecular weight excluding hydrogens is 392 g/mol. The van der Waals surface area contributed by atoms with Crippen LogP contribution >= 0.6 is 0 Å². The molecule has 31 heavy (non-hydrogen) atoms. The van der Waals surface area contributed by atoms with Crippen LogP contribution in [-0.2, 0) is 16.1 Å². The summed E-state index contributed by atoms with van der Waals surface area (Å²) in [5.74, 6) is 1.04. The number of nitrogens with one attached hydrogen (secondary N) is 3. The van der Waals surface area contributed by atoms with Gasteiger partial charge in [0, 0.05) is 43.3 Å². The zero-order chi connectivity index (χ0) is 21.9. The molecule has 7 nitrogen and oxygen atoms in total. The van der Waals surface area contributed by atoms with Crippen molar-refractivity contribution in [3.63, 3.8) is 0 Å². The third-order valence-corrected chi connectivity index (χ3v) is 6.39. The lowest BCUT2D eigenvalue weighted by Crippen LogP contribution is -2.44. The summed E-state index contributed by atoms with van der Waals surface area (Å²) in [6, 6.07) is 7.94. The minimum atomic E-state index is -0.0335. The molecular formula is C24H38N4O3. The Labute approximate surface area is 186 Å². The fourth-order valence-electron chi connectivity index (χ4n) is 4.45. The number of aliphatic hydroxyl groups is 1. The molecule has 7 heteroatoms. The lowest BCUT2D eigenvalue weighted by Gasteiger charge is -2.27. The average molecular weight is 431 g/mol. The Morgan fingerprint density at radius 1 is 1.26 bits per heavy atom. The molecule has 2 aliphatic rings. The molecule has 0 bridgehead atoms. The fraction of sp³-hybridized carbons (Fsp3) is 0.667. The lowest BCUT2D eigenvalue weighted by atomic mass is 9.84. The molecule has 1 aliphatic heterocycles. The van der Waals surface area contributed by atoms with Crippen LogP contribution in [-0.4, -0.2) is 49.9 Å². The predicted molar refractivity (Wildman–Crippen MR) is 124 cm³/mol. The number of rotatable bonds is 9. The van der Waals surface area contributed by atoms with Gasteiger partial charge in [-0.05, 0) is 50.3 Å². The number of aliphatic hydroxyl groups excluding tert-OH is 1. The van der Waals surface area contributed by atoms with Crippen LogP contribution in [0, 0.1) is 11.3 Å². The van der Waals surface area contributed by atoms with E-state index in [1.54, 1.807) is 0 Å². The maximum Gasteiger partial charge on any atom is 0.227 e. The highest BCUT2D eigenvalue weighted by atomic mass is 16.5. The van der Waals surface area contributed by atoms with Crippen molar-refractivity contribution >= 4 is 17.6 Å². The van der Waals surface area contributed by atoms with Gasteiger partial charge >= 0.3 is 0 Å². The summed E-state index contributed by atoms with van der Waals surface area (Å²) in [5.41, 5.74) is 1.85. The van der Waals surface area contributed by atoms with E-state index in [1.807, 2.05) is 31.2 Å². The molecule has 1 saturated heterocycles. The van der Waals surface area contributed by atoms with Gasteiger partial charge in [0.25, 0.3) is 0 Å². The highest BCUT2D eigenvalue weighted by Crippen LogP contribution is 2.31. The molecule has 1 atom stereocenters. The zero-order valence-corrected chi connectivity index (χ0v) is 18.8. The number of ether oxygens (including phenoxy) is 1. The number of amides is 1. The van der Waals surface area contributed by atoms with Crippen molar-refractivity contribution in [2.24, 2.45) is 16.3 Å². The van der Waals surface area contributed by atoms with Gasteiger partial charge < -0.3 is 25.8 Å². The van der Waals surface area contributed by atoms with Gasteiger partial charge in [0.05, 0.1) is 13.2 Å². The monoisotopic (exact) mass is 430 g/mol. The molecule has 0 aromatic heterocycles. The number of aliphatic imine (C=N–C) groups is 1. The minimum absolute atomic E-state index is 0.0335. The van der Waals surface area contributed by atoms with Crippen molar-refractivity contribution in [2.75, 3.05) is 38.2 Å². The van der Waals surface area contributed by atoms with Gasteiger partial charge in [0.15, 0.2) is 5.96 Å². The molecule has 0 radical (unpaired) electrons. The molecule has 1 saturated carbocycles. The predicted octanol–water partition coefficient (Wildman–Crippen LogP) is 3.05. The molecule has 1 heterocycles. The second-order valence-electron chi connectivity index (χ2n) is 8.85. The van der Waals surface area contributed by atoms with Gasteiger partial charge in [-0.1, -0.05) is 31.4 Å². The Hall–Kier alpha value is -2.12. The topological polar surface area (TPSA) is 95.0 Å². The van der Waals surface area contributed by atoms with Crippen molar-refractivity contribution in [2.45, 2.75) is 58.4 Å². The highest BCUT2D eigenvalue weighted by Gasteiger charge is 2.34. The Kier molecular flexibility index (Phi) is 9.15. The molecule has 172 valence electrons. The average Bonchev–Trinajstić information content (AvgIpc) is 3.25. The van der Waals surface area contributed by atoms with E-state index in [9.17, 15) is 9.90 Å². The van der Waals surface area contributed by atoms with E-state index in [-0.39, 0.29) is 23.8 Å². The van der Waals surface area contributed by atoms with Gasteiger partial charge in [-0.3, -0.25) is 4.79 Å². The zero-order valence-electron chi connectivity index (χ0n) is 18.8. The first-order chi connectivity index (χ1) is 15.1. The van der Waals surface area contributed by atoms with Crippen LogP contribution in [0.15, 0.2) is 29.3 Å². The molecule has 1 aromatic rings. The first-order valence-electron chi connectivity index (χ1n) is 11.7. The normalized spacial score (nSPS) is 22.3. The van der Waals surface area contributed by atoms with E-state index in [0.717, 1.165) is 75.4 Å². The van der Waals surface area contributed by atoms with Crippen molar-refractivity contribution in [1.82, 2.24) is 10.6 Å². The minimum Gasteiger partial charge on any atom is -0.396 e. The number of carbonyl (C=O) groups excluding carboxylic acids is 1. The third kappa shape index (κ3) is 7.21. The maximum atomic E-state index is 12.5. The summed E-state index contributed by atoms with van der Waals surface area (Å²) in [7, 11) is 0. The molecule has 0 spiro atoms. The van der Waals surface area contributed by atoms with E-state index < -0.39 is 0 Å². The summed E-state index contributed by atoms with van der Waals surface area (Å²) in [5, 5.41) is 19.2. The number of nitrogens with zero attached hydrogens (tertiary/aromatic N) is 1. The van der Waals surface area contributed by atoms with Gasteiger partial charge in [-0.15, -0.1) is 0 Å². The van der Waals surface area contributed by atoms with Crippen LogP contribution in [0.1, 0.15) is 57.4 Å². The molecule has 1 amide bonds. The summed E-state index contributed by atoms with van der Waals surface area (Å²) in [4.78, 5) is 17.3. The molecule has 3 rings (SSSR count). The van der Waals surface area contributed by atoms with Crippen LogP contribution in [0.5, 0.6) is 0 Å². The van der Waals surface area contributed by atoms with Crippen molar-refractivity contribution in [3.05, 3.63) is 29.8 Å². The van der Waals surface area contributed by atoms with Crippen molar-refractivity contribution in [1.29, 1.82) is 0 Å². The van der Waals surface area contributed by atoms with E-state index in [0.29, 0.717) is 13.2 Å². The number of anilines is 1. The van der Waals surface area contributed by atoms with Gasteiger partial charge in [0.1, 0.15) is 0 Å². The number of carbonyl (C=O) groups is 1. The standard InChI is InChI=1S/C24H38N4O3/c1-2-25-23(27-17-24(11-13-29)12-14-31-18-24)26-16-19-7-6-10-21(15-19)28-22(30)20-8-4-3-5-9-20/h6-7,10,15,20,29H,2-5,8-9,11-14,16-18H2,1H3,(H,28,30)(H2,25,26,27). The van der Waals surface area contributed by atoms with E-state index >= 15 is 0 Å². The second-order valence-corrected chi connectivity index (χ2v) is 8.85. The SMILES string of the molecule is CCNC(=NCc1cccc(NC(=O)C2CCCCC2)c1)NCC1(CCO)CCOC1. The van der Waals surface area contributed by atoms with Crippen LogP contribution in [0.4, 0.5) is 5.69 Å². The summed E-state index contributed by atoms with van der Waals surface area (Å²) >= 11 is 0. The first-order valence-corrected chi connectivity index (χ1v) is 11.7. The van der Waals surface area contributed by atoms with E-state index in [4.69, 9.17) is 9.73 Å². The molecule has 2 fully saturated rings. The van der Waals surface area contributed by atoms with Gasteiger partial charge in [-0.2, -0.15) is 0 Å². The van der Waals surface area contributed by atoms with E-state index in [1.165, 1.54) is 6.42 Å². The van der Waals surface area contributed by atoms with Crippen LogP contribution in [0.2, 0.25) is 0 Å².